The number of carbonyl (C=O) groups excluding carboxylic acids is 2. The van der Waals surface area contributed by atoms with Gasteiger partial charge in [-0.15, -0.1) is 0 Å². The summed E-state index contributed by atoms with van der Waals surface area (Å²) in [6.45, 7) is 3.69. The molecule has 134 valence electrons. The number of benzene rings is 1. The molecule has 2 amide bonds. The first kappa shape index (κ1) is 20.0. The third-order valence-corrected chi connectivity index (χ3v) is 3.27. The lowest BCUT2D eigenvalue weighted by molar-refractivity contribution is -0.123. The van der Waals surface area contributed by atoms with Gasteiger partial charge in [-0.05, 0) is 32.5 Å². The van der Waals surface area contributed by atoms with E-state index in [1.165, 1.54) is 4.90 Å². The normalized spacial score (nSPS) is 12.1. The van der Waals surface area contributed by atoms with E-state index in [4.69, 9.17) is 0 Å². The van der Waals surface area contributed by atoms with Crippen LogP contribution in [0.25, 0.3) is 0 Å². The Bertz CT molecular complexity index is 596. The summed E-state index contributed by atoms with van der Waals surface area (Å²) in [5.74, 6) is -5.31. The summed E-state index contributed by atoms with van der Waals surface area (Å²) in [6.07, 6.45) is 1.80. The Morgan fingerprint density at radius 3 is 2.38 bits per heavy atom. The maximum absolute atomic E-state index is 13.5. The molecule has 1 aromatic rings. The molecule has 5 nitrogen and oxygen atoms in total. The molecule has 0 heterocycles. The fourth-order valence-electron chi connectivity index (χ4n) is 2.18. The summed E-state index contributed by atoms with van der Waals surface area (Å²) < 4.78 is 39.4. The van der Waals surface area contributed by atoms with Crippen LogP contribution in [0, 0.1) is 17.5 Å². The second kappa shape index (κ2) is 9.27. The van der Waals surface area contributed by atoms with Crippen LogP contribution in [-0.2, 0) is 9.59 Å². The summed E-state index contributed by atoms with van der Waals surface area (Å²) in [5, 5.41) is 4.94. The lowest BCUT2D eigenvalue weighted by Crippen LogP contribution is -2.42. The molecule has 2 N–H and O–H groups in total. The molecular weight excluding hydrogens is 323 g/mol. The molecule has 0 saturated carbocycles. The molecule has 0 aliphatic carbocycles. The predicted octanol–water partition coefficient (Wildman–Crippen LogP) is 2.28. The highest BCUT2D eigenvalue weighted by Gasteiger charge is 2.17. The second-order valence-electron chi connectivity index (χ2n) is 5.70. The summed E-state index contributed by atoms with van der Waals surface area (Å²) in [6, 6.07) is 1.70. The highest BCUT2D eigenvalue weighted by molar-refractivity contribution is 5.92. The molecule has 0 spiro atoms. The van der Waals surface area contributed by atoms with Crippen molar-refractivity contribution < 1.29 is 22.8 Å². The summed E-state index contributed by atoms with van der Waals surface area (Å²) in [4.78, 5) is 25.0. The Morgan fingerprint density at radius 1 is 1.12 bits per heavy atom. The van der Waals surface area contributed by atoms with E-state index < -0.39 is 29.0 Å². The Kier molecular flexibility index (Phi) is 7.70. The Balaban J connectivity index is 2.50. The second-order valence-corrected chi connectivity index (χ2v) is 5.70. The number of anilines is 1. The quantitative estimate of drug-likeness (QED) is 0.711. The highest BCUT2D eigenvalue weighted by atomic mass is 19.2. The summed E-state index contributed by atoms with van der Waals surface area (Å²) >= 11 is 0. The van der Waals surface area contributed by atoms with Gasteiger partial charge in [0.05, 0.1) is 18.8 Å². The van der Waals surface area contributed by atoms with Gasteiger partial charge >= 0.3 is 0 Å². The fraction of sp³-hybridized carbons (Fsp3) is 0.500. The molecule has 8 heteroatoms. The minimum atomic E-state index is -1.65. The van der Waals surface area contributed by atoms with Gasteiger partial charge in [-0.3, -0.25) is 14.5 Å². The van der Waals surface area contributed by atoms with Crippen LogP contribution in [0.4, 0.5) is 18.9 Å². The summed E-state index contributed by atoms with van der Waals surface area (Å²) in [7, 11) is 1.55. The van der Waals surface area contributed by atoms with Crippen LogP contribution in [0.5, 0.6) is 0 Å². The van der Waals surface area contributed by atoms with Gasteiger partial charge in [0, 0.05) is 6.04 Å². The number of hydrogen-bond acceptors (Lipinski definition) is 3. The number of likely N-dealkylation sites (N-methyl/N-ethyl adjacent to an activating group) is 1. The van der Waals surface area contributed by atoms with Gasteiger partial charge in [-0.2, -0.15) is 0 Å². The molecule has 0 aromatic heterocycles. The molecule has 1 aromatic carbocycles. The van der Waals surface area contributed by atoms with Gasteiger partial charge in [0.1, 0.15) is 0 Å². The Hall–Kier alpha value is -2.09. The van der Waals surface area contributed by atoms with Crippen molar-refractivity contribution in [3.05, 3.63) is 29.6 Å². The SMILES string of the molecule is CCC[C@@H](C)NC(=O)CN(C)CC(=O)Nc1ccc(F)c(F)c1F. The van der Waals surface area contributed by atoms with Crippen molar-refractivity contribution in [3.8, 4) is 0 Å². The molecule has 0 saturated heterocycles. The molecule has 24 heavy (non-hydrogen) atoms. The van der Waals surface area contributed by atoms with Crippen LogP contribution in [0.2, 0.25) is 0 Å². The Labute approximate surface area is 139 Å². The van der Waals surface area contributed by atoms with E-state index in [1.807, 2.05) is 13.8 Å². The maximum atomic E-state index is 13.5. The average Bonchev–Trinajstić information content (AvgIpc) is 2.47. The molecule has 0 aliphatic rings. The zero-order chi connectivity index (χ0) is 18.3. The molecule has 1 rings (SSSR count). The third-order valence-electron chi connectivity index (χ3n) is 3.27. The van der Waals surface area contributed by atoms with Gasteiger partial charge in [-0.25, -0.2) is 13.2 Å². The Morgan fingerprint density at radius 2 is 1.75 bits per heavy atom. The molecule has 0 fully saturated rings. The van der Waals surface area contributed by atoms with E-state index in [1.54, 1.807) is 7.05 Å². The van der Waals surface area contributed by atoms with Gasteiger partial charge in [0.15, 0.2) is 17.5 Å². The molecule has 0 bridgehead atoms. The zero-order valence-corrected chi connectivity index (χ0v) is 14.0. The summed E-state index contributed by atoms with van der Waals surface area (Å²) in [5.41, 5.74) is -0.451. The topological polar surface area (TPSA) is 61.4 Å². The van der Waals surface area contributed by atoms with Crippen LogP contribution in [0.3, 0.4) is 0 Å². The molecule has 0 unspecified atom stereocenters. The van der Waals surface area contributed by atoms with E-state index >= 15 is 0 Å². The standard InChI is InChI=1S/C16H22F3N3O2/c1-4-5-10(2)20-13(23)8-22(3)9-14(24)21-12-7-6-11(17)15(18)16(12)19/h6-7,10H,4-5,8-9H2,1-3H3,(H,20,23)(H,21,24)/t10-/m1/s1. The smallest absolute Gasteiger partial charge is 0.238 e. The largest absolute Gasteiger partial charge is 0.353 e. The van der Waals surface area contributed by atoms with Crippen molar-refractivity contribution >= 4 is 17.5 Å². The predicted molar refractivity (Wildman–Crippen MR) is 85.0 cm³/mol. The van der Waals surface area contributed by atoms with Crippen molar-refractivity contribution in [1.82, 2.24) is 10.2 Å². The number of hydrogen-bond donors (Lipinski definition) is 2. The van der Waals surface area contributed by atoms with Crippen molar-refractivity contribution in [2.75, 3.05) is 25.5 Å². The molecular formula is C16H22F3N3O2. The average molecular weight is 345 g/mol. The lowest BCUT2D eigenvalue weighted by atomic mass is 10.2. The maximum Gasteiger partial charge on any atom is 0.238 e. The minimum Gasteiger partial charge on any atom is -0.353 e. The number of nitrogens with zero attached hydrogens (tertiary/aromatic N) is 1. The first-order valence-electron chi connectivity index (χ1n) is 7.65. The van der Waals surface area contributed by atoms with Gasteiger partial charge in [0.2, 0.25) is 11.8 Å². The lowest BCUT2D eigenvalue weighted by Gasteiger charge is -2.18. The first-order valence-corrected chi connectivity index (χ1v) is 7.65. The van der Waals surface area contributed by atoms with E-state index in [-0.39, 0.29) is 25.0 Å². The number of halogens is 3. The van der Waals surface area contributed by atoms with Crippen molar-refractivity contribution in [3.63, 3.8) is 0 Å². The van der Waals surface area contributed by atoms with E-state index in [2.05, 4.69) is 10.6 Å². The molecule has 0 radical (unpaired) electrons. The fourth-order valence-corrected chi connectivity index (χ4v) is 2.18. The van der Waals surface area contributed by atoms with Crippen molar-refractivity contribution in [2.24, 2.45) is 0 Å². The number of rotatable bonds is 8. The van der Waals surface area contributed by atoms with Crippen LogP contribution in [0.15, 0.2) is 12.1 Å². The zero-order valence-electron chi connectivity index (χ0n) is 14.0. The molecule has 0 aliphatic heterocycles. The minimum absolute atomic E-state index is 0.0122. The number of carbonyl (C=O) groups is 2. The molecule has 1 atom stereocenters. The first-order chi connectivity index (χ1) is 11.2. The van der Waals surface area contributed by atoms with Gasteiger partial charge < -0.3 is 10.6 Å². The van der Waals surface area contributed by atoms with Gasteiger partial charge in [0.25, 0.3) is 0 Å². The van der Waals surface area contributed by atoms with Crippen molar-refractivity contribution in [1.29, 1.82) is 0 Å². The monoisotopic (exact) mass is 345 g/mol. The van der Waals surface area contributed by atoms with Crippen LogP contribution >= 0.6 is 0 Å². The highest BCUT2D eigenvalue weighted by Crippen LogP contribution is 2.19. The number of amides is 2. The number of nitrogens with one attached hydrogen (secondary N) is 2. The van der Waals surface area contributed by atoms with Gasteiger partial charge in [-0.1, -0.05) is 13.3 Å². The van der Waals surface area contributed by atoms with Crippen LogP contribution < -0.4 is 10.6 Å². The van der Waals surface area contributed by atoms with E-state index in [0.29, 0.717) is 0 Å². The van der Waals surface area contributed by atoms with Crippen LogP contribution in [0.1, 0.15) is 26.7 Å². The third kappa shape index (κ3) is 6.19. The van der Waals surface area contributed by atoms with E-state index in [0.717, 1.165) is 25.0 Å². The van der Waals surface area contributed by atoms with Crippen LogP contribution in [-0.4, -0.2) is 42.9 Å². The van der Waals surface area contributed by atoms with E-state index in [9.17, 15) is 22.8 Å². The van der Waals surface area contributed by atoms with Crippen molar-refractivity contribution in [2.45, 2.75) is 32.7 Å².